The van der Waals surface area contributed by atoms with E-state index < -0.39 is 6.04 Å². The minimum absolute atomic E-state index is 0.135. The van der Waals surface area contributed by atoms with Crippen molar-refractivity contribution in [2.24, 2.45) is 5.92 Å². The Morgan fingerprint density at radius 2 is 1.62 bits per heavy atom. The molecule has 1 saturated heterocycles. The summed E-state index contributed by atoms with van der Waals surface area (Å²) in [4.78, 5) is 46.8. The Balaban J connectivity index is 1.57. The van der Waals surface area contributed by atoms with Crippen molar-refractivity contribution in [3.8, 4) is 0 Å². The van der Waals surface area contributed by atoms with Crippen molar-refractivity contribution < 1.29 is 14.4 Å². The van der Waals surface area contributed by atoms with Gasteiger partial charge in [0.05, 0.1) is 22.3 Å². The fourth-order valence-electron chi connectivity index (χ4n) is 4.44. The Bertz CT molecular complexity index is 1130. The number of imide groups is 1. The summed E-state index contributed by atoms with van der Waals surface area (Å²) in [7, 11) is 0. The monoisotopic (exact) mass is 385 g/mol. The zero-order valence-electron chi connectivity index (χ0n) is 15.9. The highest BCUT2D eigenvalue weighted by atomic mass is 16.2. The number of nitrogens with zero attached hydrogens (tertiary/aromatic N) is 3. The summed E-state index contributed by atoms with van der Waals surface area (Å²) in [6, 6.07) is 15.5. The Morgan fingerprint density at radius 3 is 2.31 bits per heavy atom. The molecule has 2 aromatic carbocycles. The molecule has 144 valence electrons. The summed E-state index contributed by atoms with van der Waals surface area (Å²) in [5.41, 5.74) is 2.18. The average molecular weight is 385 g/mol. The van der Waals surface area contributed by atoms with Gasteiger partial charge in [-0.2, -0.15) is 0 Å². The molecule has 3 amide bonds. The van der Waals surface area contributed by atoms with E-state index in [1.165, 1.54) is 4.90 Å². The van der Waals surface area contributed by atoms with Crippen molar-refractivity contribution in [1.82, 2.24) is 9.88 Å². The fraction of sp³-hybridized carbons (Fsp3) is 0.217. The molecular formula is C23H19N3O3. The molecule has 0 aliphatic carbocycles. The van der Waals surface area contributed by atoms with Crippen molar-refractivity contribution in [2.75, 3.05) is 11.4 Å². The van der Waals surface area contributed by atoms with Crippen LogP contribution in [0.3, 0.4) is 0 Å². The summed E-state index contributed by atoms with van der Waals surface area (Å²) in [6.45, 7) is 2.43. The molecular weight excluding hydrogens is 366 g/mol. The second-order valence-corrected chi connectivity index (χ2v) is 7.44. The van der Waals surface area contributed by atoms with E-state index in [1.54, 1.807) is 35.4 Å². The predicted molar refractivity (Wildman–Crippen MR) is 109 cm³/mol. The smallest absolute Gasteiger partial charge is 0.262 e. The lowest BCUT2D eigenvalue weighted by molar-refractivity contribution is -0.121. The molecule has 3 aromatic rings. The fourth-order valence-corrected chi connectivity index (χ4v) is 4.44. The first kappa shape index (κ1) is 17.6. The van der Waals surface area contributed by atoms with Gasteiger partial charge in [0.1, 0.15) is 6.04 Å². The van der Waals surface area contributed by atoms with E-state index in [9.17, 15) is 14.4 Å². The average Bonchev–Trinajstić information content (AvgIpc) is 3.21. The number of pyridine rings is 1. The molecule has 6 heteroatoms. The standard InChI is InChI=1S/C23H19N3O3/c1-2-14-13-25(18-11-5-7-15-8-6-12-24-19(15)18)23(29)20(14)26-21(27)16-9-3-4-10-17(16)22(26)28/h3-12,14,20H,2,13H2,1H3/t14-,20+/m1/s1. The third kappa shape index (κ3) is 2.49. The Morgan fingerprint density at radius 1 is 0.931 bits per heavy atom. The summed E-state index contributed by atoms with van der Waals surface area (Å²) < 4.78 is 0. The number of hydrogen-bond acceptors (Lipinski definition) is 4. The van der Waals surface area contributed by atoms with Gasteiger partial charge in [-0.25, -0.2) is 0 Å². The topological polar surface area (TPSA) is 70.6 Å². The van der Waals surface area contributed by atoms with Crippen LogP contribution in [0.1, 0.15) is 34.1 Å². The van der Waals surface area contributed by atoms with Crippen LogP contribution in [0.5, 0.6) is 0 Å². The van der Waals surface area contributed by atoms with E-state index in [1.807, 2.05) is 37.3 Å². The molecule has 1 aromatic heterocycles. The molecule has 2 aliphatic rings. The predicted octanol–water partition coefficient (Wildman–Crippen LogP) is 3.27. The second-order valence-electron chi connectivity index (χ2n) is 7.44. The highest BCUT2D eigenvalue weighted by Crippen LogP contribution is 2.36. The molecule has 2 aliphatic heterocycles. The Hall–Kier alpha value is -3.54. The largest absolute Gasteiger partial charge is 0.308 e. The van der Waals surface area contributed by atoms with Crippen LogP contribution in [0, 0.1) is 5.92 Å². The third-order valence-corrected chi connectivity index (χ3v) is 5.91. The van der Waals surface area contributed by atoms with Crippen molar-refractivity contribution in [3.05, 3.63) is 71.9 Å². The van der Waals surface area contributed by atoms with Gasteiger partial charge in [0, 0.05) is 24.0 Å². The van der Waals surface area contributed by atoms with Gasteiger partial charge in [-0.15, -0.1) is 0 Å². The first-order valence-corrected chi connectivity index (χ1v) is 9.74. The van der Waals surface area contributed by atoms with Crippen molar-refractivity contribution in [1.29, 1.82) is 0 Å². The first-order chi connectivity index (χ1) is 14.1. The minimum Gasteiger partial charge on any atom is -0.308 e. The van der Waals surface area contributed by atoms with Crippen LogP contribution < -0.4 is 4.90 Å². The molecule has 0 saturated carbocycles. The van der Waals surface area contributed by atoms with E-state index >= 15 is 0 Å². The van der Waals surface area contributed by atoms with Gasteiger partial charge >= 0.3 is 0 Å². The highest BCUT2D eigenvalue weighted by Gasteiger charge is 2.51. The molecule has 2 atom stereocenters. The summed E-state index contributed by atoms with van der Waals surface area (Å²) >= 11 is 0. The maximum Gasteiger partial charge on any atom is 0.262 e. The molecule has 1 fully saturated rings. The molecule has 3 heterocycles. The van der Waals surface area contributed by atoms with Gasteiger partial charge in [0.15, 0.2) is 0 Å². The van der Waals surface area contributed by atoms with Gasteiger partial charge in [-0.3, -0.25) is 24.3 Å². The lowest BCUT2D eigenvalue weighted by Gasteiger charge is -2.24. The van der Waals surface area contributed by atoms with E-state index in [2.05, 4.69) is 4.98 Å². The minimum atomic E-state index is -0.800. The number of amides is 3. The van der Waals surface area contributed by atoms with Crippen molar-refractivity contribution in [3.63, 3.8) is 0 Å². The van der Waals surface area contributed by atoms with Gasteiger partial charge in [-0.1, -0.05) is 37.3 Å². The maximum atomic E-state index is 13.5. The number of hydrogen-bond donors (Lipinski definition) is 0. The molecule has 0 bridgehead atoms. The zero-order chi connectivity index (χ0) is 20.1. The Labute approximate surface area is 167 Å². The third-order valence-electron chi connectivity index (χ3n) is 5.91. The van der Waals surface area contributed by atoms with E-state index in [-0.39, 0.29) is 23.6 Å². The molecule has 29 heavy (non-hydrogen) atoms. The van der Waals surface area contributed by atoms with Gasteiger partial charge in [-0.05, 0) is 30.7 Å². The molecule has 0 spiro atoms. The van der Waals surface area contributed by atoms with Crippen LogP contribution in [-0.2, 0) is 4.79 Å². The highest BCUT2D eigenvalue weighted by molar-refractivity contribution is 6.24. The lowest BCUT2D eigenvalue weighted by Crippen LogP contribution is -2.47. The van der Waals surface area contributed by atoms with Gasteiger partial charge in [0.25, 0.3) is 17.7 Å². The Kier molecular flexibility index (Phi) is 3.94. The van der Waals surface area contributed by atoms with Gasteiger partial charge < -0.3 is 4.90 Å². The SMILES string of the molecule is CC[C@@H]1CN(c2cccc3cccnc23)C(=O)[C@H]1N1C(=O)c2ccccc2C1=O. The summed E-state index contributed by atoms with van der Waals surface area (Å²) in [6.07, 6.45) is 2.38. The van der Waals surface area contributed by atoms with E-state index in [0.29, 0.717) is 29.8 Å². The number of anilines is 1. The maximum absolute atomic E-state index is 13.5. The van der Waals surface area contributed by atoms with E-state index in [0.717, 1.165) is 10.9 Å². The number of fused-ring (bicyclic) bond motifs is 2. The van der Waals surface area contributed by atoms with Gasteiger partial charge in [0.2, 0.25) is 0 Å². The zero-order valence-corrected chi connectivity index (χ0v) is 15.9. The van der Waals surface area contributed by atoms with Crippen LogP contribution in [0.4, 0.5) is 5.69 Å². The molecule has 5 rings (SSSR count). The molecule has 6 nitrogen and oxygen atoms in total. The normalized spacial score (nSPS) is 21.3. The number of para-hydroxylation sites is 1. The van der Waals surface area contributed by atoms with Crippen LogP contribution in [0.15, 0.2) is 60.8 Å². The molecule has 0 unspecified atom stereocenters. The van der Waals surface area contributed by atoms with Crippen LogP contribution in [-0.4, -0.2) is 40.2 Å². The summed E-state index contributed by atoms with van der Waals surface area (Å²) in [5.74, 6) is -1.14. The van der Waals surface area contributed by atoms with Crippen molar-refractivity contribution >= 4 is 34.3 Å². The van der Waals surface area contributed by atoms with Crippen molar-refractivity contribution in [2.45, 2.75) is 19.4 Å². The number of aromatic nitrogens is 1. The molecule has 0 radical (unpaired) electrons. The number of carbonyl (C=O) groups excluding carboxylic acids is 3. The van der Waals surface area contributed by atoms with E-state index in [4.69, 9.17) is 0 Å². The molecule has 0 N–H and O–H groups in total. The quantitative estimate of drug-likeness (QED) is 0.649. The van der Waals surface area contributed by atoms with Crippen LogP contribution >= 0.6 is 0 Å². The number of carbonyl (C=O) groups is 3. The summed E-state index contributed by atoms with van der Waals surface area (Å²) in [5, 5.41) is 0.940. The van der Waals surface area contributed by atoms with Crippen LogP contribution in [0.25, 0.3) is 10.9 Å². The number of benzene rings is 2. The first-order valence-electron chi connectivity index (χ1n) is 9.74. The lowest BCUT2D eigenvalue weighted by atomic mass is 9.99. The number of rotatable bonds is 3. The van der Waals surface area contributed by atoms with Crippen LogP contribution in [0.2, 0.25) is 0 Å². The second kappa shape index (κ2) is 6.51.